The standard InChI is InChI=1S/C16H11F3N4S/c1-24-15-22-6-5-12(23-15)14-13(20-7-8-21-14)10-3-2-4-11(9-10)16(17,18)19/h2-9H,1H3. The van der Waals surface area contributed by atoms with Crippen LogP contribution in [0.5, 0.6) is 0 Å². The molecule has 0 aliphatic carbocycles. The van der Waals surface area contributed by atoms with Gasteiger partial charge in [-0.2, -0.15) is 13.2 Å². The maximum absolute atomic E-state index is 12.9. The molecule has 0 atom stereocenters. The van der Waals surface area contributed by atoms with Crippen molar-refractivity contribution in [3.05, 3.63) is 54.5 Å². The zero-order valence-electron chi connectivity index (χ0n) is 12.4. The lowest BCUT2D eigenvalue weighted by Crippen LogP contribution is -2.05. The first kappa shape index (κ1) is 16.4. The van der Waals surface area contributed by atoms with E-state index in [1.54, 1.807) is 18.3 Å². The fourth-order valence-electron chi connectivity index (χ4n) is 2.15. The maximum atomic E-state index is 12.9. The van der Waals surface area contributed by atoms with Crippen molar-refractivity contribution in [3.63, 3.8) is 0 Å². The van der Waals surface area contributed by atoms with Crippen molar-refractivity contribution in [1.29, 1.82) is 0 Å². The van der Waals surface area contributed by atoms with Crippen LogP contribution in [0.15, 0.2) is 54.1 Å². The van der Waals surface area contributed by atoms with Gasteiger partial charge in [0.15, 0.2) is 5.16 Å². The molecule has 0 aliphatic heterocycles. The lowest BCUT2D eigenvalue weighted by Gasteiger charge is -2.11. The fraction of sp³-hybridized carbons (Fsp3) is 0.125. The Hall–Kier alpha value is -2.48. The molecule has 24 heavy (non-hydrogen) atoms. The Morgan fingerprint density at radius 3 is 2.38 bits per heavy atom. The SMILES string of the molecule is CSc1nccc(-c2nccnc2-c2cccc(C(F)(F)F)c2)n1. The molecule has 0 aliphatic rings. The van der Waals surface area contributed by atoms with E-state index in [1.165, 1.54) is 30.2 Å². The Balaban J connectivity index is 2.13. The first-order valence-corrected chi connectivity index (χ1v) is 8.07. The molecule has 0 bridgehead atoms. The molecule has 0 N–H and O–H groups in total. The molecule has 122 valence electrons. The van der Waals surface area contributed by atoms with E-state index in [-0.39, 0.29) is 0 Å². The number of thioether (sulfide) groups is 1. The third kappa shape index (κ3) is 3.38. The van der Waals surface area contributed by atoms with Gasteiger partial charge in [-0.15, -0.1) is 0 Å². The van der Waals surface area contributed by atoms with Gasteiger partial charge in [0, 0.05) is 24.2 Å². The average molecular weight is 348 g/mol. The van der Waals surface area contributed by atoms with Gasteiger partial charge in [-0.1, -0.05) is 23.9 Å². The van der Waals surface area contributed by atoms with Crippen LogP contribution in [0, 0.1) is 0 Å². The second-order valence-electron chi connectivity index (χ2n) is 4.76. The minimum atomic E-state index is -4.42. The summed E-state index contributed by atoms with van der Waals surface area (Å²) in [5, 5.41) is 0.549. The van der Waals surface area contributed by atoms with Gasteiger partial charge >= 0.3 is 6.18 Å². The van der Waals surface area contributed by atoms with Crippen LogP contribution in [-0.4, -0.2) is 26.2 Å². The quantitative estimate of drug-likeness (QED) is 0.520. The van der Waals surface area contributed by atoms with Crippen molar-refractivity contribution in [2.45, 2.75) is 11.3 Å². The van der Waals surface area contributed by atoms with Gasteiger partial charge in [-0.05, 0) is 24.5 Å². The molecule has 0 radical (unpaired) electrons. The normalized spacial score (nSPS) is 11.5. The fourth-order valence-corrected chi connectivity index (χ4v) is 2.51. The molecule has 2 heterocycles. The molecule has 2 aromatic heterocycles. The minimum Gasteiger partial charge on any atom is -0.252 e. The first-order chi connectivity index (χ1) is 11.5. The van der Waals surface area contributed by atoms with Gasteiger partial charge in [-0.25, -0.2) is 9.97 Å². The highest BCUT2D eigenvalue weighted by atomic mass is 32.2. The van der Waals surface area contributed by atoms with Gasteiger partial charge < -0.3 is 0 Å². The van der Waals surface area contributed by atoms with Crippen molar-refractivity contribution in [2.24, 2.45) is 0 Å². The minimum absolute atomic E-state index is 0.331. The zero-order chi connectivity index (χ0) is 17.2. The summed E-state index contributed by atoms with van der Waals surface area (Å²) in [6.45, 7) is 0. The summed E-state index contributed by atoms with van der Waals surface area (Å²) < 4.78 is 38.8. The maximum Gasteiger partial charge on any atom is 0.416 e. The molecule has 0 saturated heterocycles. The van der Waals surface area contributed by atoms with E-state index in [4.69, 9.17) is 0 Å². The van der Waals surface area contributed by atoms with Gasteiger partial charge in [0.25, 0.3) is 0 Å². The molecule has 8 heteroatoms. The van der Waals surface area contributed by atoms with Gasteiger partial charge in [0.1, 0.15) is 5.69 Å². The summed E-state index contributed by atoms with van der Waals surface area (Å²) in [6, 6.07) is 6.66. The van der Waals surface area contributed by atoms with Crippen LogP contribution >= 0.6 is 11.8 Å². The van der Waals surface area contributed by atoms with Crippen LogP contribution in [-0.2, 0) is 6.18 Å². The summed E-state index contributed by atoms with van der Waals surface area (Å²) in [7, 11) is 0. The highest BCUT2D eigenvalue weighted by Gasteiger charge is 2.30. The first-order valence-electron chi connectivity index (χ1n) is 6.85. The monoisotopic (exact) mass is 348 g/mol. The van der Waals surface area contributed by atoms with Crippen LogP contribution in [0.1, 0.15) is 5.56 Å². The van der Waals surface area contributed by atoms with E-state index < -0.39 is 11.7 Å². The Bertz CT molecular complexity index is 868. The van der Waals surface area contributed by atoms with Crippen molar-refractivity contribution in [2.75, 3.05) is 6.26 Å². The Kier molecular flexibility index (Phi) is 4.48. The highest BCUT2D eigenvalue weighted by molar-refractivity contribution is 7.98. The van der Waals surface area contributed by atoms with Crippen molar-refractivity contribution in [3.8, 4) is 22.6 Å². The molecule has 1 aromatic carbocycles. The molecular formula is C16H11F3N4S. The molecule has 3 aromatic rings. The number of hydrogen-bond donors (Lipinski definition) is 0. The third-order valence-corrected chi connectivity index (χ3v) is 3.78. The molecular weight excluding hydrogens is 337 g/mol. The van der Waals surface area contributed by atoms with Gasteiger partial charge in [0.05, 0.1) is 17.0 Å². The second kappa shape index (κ2) is 6.56. The van der Waals surface area contributed by atoms with Crippen molar-refractivity contribution < 1.29 is 13.2 Å². The number of hydrogen-bond acceptors (Lipinski definition) is 5. The molecule has 0 spiro atoms. The van der Waals surface area contributed by atoms with E-state index in [0.717, 1.165) is 12.1 Å². The van der Waals surface area contributed by atoms with E-state index in [1.807, 2.05) is 6.26 Å². The van der Waals surface area contributed by atoms with Gasteiger partial charge in [0.2, 0.25) is 0 Å². The summed E-state index contributed by atoms with van der Waals surface area (Å²) in [6.07, 6.45) is 1.92. The summed E-state index contributed by atoms with van der Waals surface area (Å²) in [5.74, 6) is 0. The third-order valence-electron chi connectivity index (χ3n) is 3.22. The second-order valence-corrected chi connectivity index (χ2v) is 5.53. The number of nitrogens with zero attached hydrogens (tertiary/aromatic N) is 4. The topological polar surface area (TPSA) is 51.6 Å². The van der Waals surface area contributed by atoms with E-state index >= 15 is 0 Å². The van der Waals surface area contributed by atoms with Crippen molar-refractivity contribution in [1.82, 2.24) is 19.9 Å². The summed E-state index contributed by atoms with van der Waals surface area (Å²) in [5.41, 5.74) is 0.861. The lowest BCUT2D eigenvalue weighted by atomic mass is 10.0. The number of alkyl halides is 3. The number of halogens is 3. The lowest BCUT2D eigenvalue weighted by molar-refractivity contribution is -0.137. The predicted octanol–water partition coefficient (Wildman–Crippen LogP) is 4.34. The van der Waals surface area contributed by atoms with Crippen LogP contribution in [0.25, 0.3) is 22.6 Å². The van der Waals surface area contributed by atoms with Crippen LogP contribution < -0.4 is 0 Å². The zero-order valence-corrected chi connectivity index (χ0v) is 13.3. The molecule has 0 fully saturated rings. The predicted molar refractivity (Wildman–Crippen MR) is 85.3 cm³/mol. The van der Waals surface area contributed by atoms with Gasteiger partial charge in [-0.3, -0.25) is 9.97 Å². The Morgan fingerprint density at radius 1 is 0.917 bits per heavy atom. The average Bonchev–Trinajstić information content (AvgIpc) is 2.61. The molecule has 4 nitrogen and oxygen atoms in total. The smallest absolute Gasteiger partial charge is 0.252 e. The van der Waals surface area contributed by atoms with Crippen LogP contribution in [0.4, 0.5) is 13.2 Å². The molecule has 0 unspecified atom stereocenters. The number of benzene rings is 1. The molecule has 3 rings (SSSR count). The summed E-state index contributed by atoms with van der Waals surface area (Å²) >= 11 is 1.37. The number of aromatic nitrogens is 4. The van der Waals surface area contributed by atoms with E-state index in [0.29, 0.717) is 27.8 Å². The molecule has 0 amide bonds. The van der Waals surface area contributed by atoms with Crippen LogP contribution in [0.3, 0.4) is 0 Å². The highest BCUT2D eigenvalue weighted by Crippen LogP contribution is 2.34. The largest absolute Gasteiger partial charge is 0.416 e. The number of rotatable bonds is 3. The van der Waals surface area contributed by atoms with E-state index in [2.05, 4.69) is 19.9 Å². The Labute approximate surface area is 140 Å². The Morgan fingerprint density at radius 2 is 1.67 bits per heavy atom. The van der Waals surface area contributed by atoms with Crippen LogP contribution in [0.2, 0.25) is 0 Å². The summed E-state index contributed by atoms with van der Waals surface area (Å²) in [4.78, 5) is 16.9. The molecule has 0 saturated carbocycles. The van der Waals surface area contributed by atoms with E-state index in [9.17, 15) is 13.2 Å². The van der Waals surface area contributed by atoms with Crippen molar-refractivity contribution >= 4 is 11.8 Å².